The zero-order valence-electron chi connectivity index (χ0n) is 11.1. The number of nitrogens with one attached hydrogen (secondary N) is 1. The van der Waals surface area contributed by atoms with Gasteiger partial charge in [0, 0.05) is 24.0 Å². The number of hydrogen-bond acceptors (Lipinski definition) is 4. The van der Waals surface area contributed by atoms with Gasteiger partial charge in [0.15, 0.2) is 0 Å². The Bertz CT molecular complexity index is 537. The molecule has 0 spiro atoms. The fourth-order valence-electron chi connectivity index (χ4n) is 1.57. The number of aromatic nitrogens is 1. The molecule has 1 N–H and O–H groups in total. The number of nitrogens with zero attached hydrogens (tertiary/aromatic N) is 2. The van der Waals surface area contributed by atoms with Gasteiger partial charge in [0.05, 0.1) is 0 Å². The Morgan fingerprint density at radius 1 is 1.32 bits per heavy atom. The van der Waals surface area contributed by atoms with Gasteiger partial charge >= 0.3 is 0 Å². The highest BCUT2D eigenvalue weighted by Crippen LogP contribution is 2.23. The Balaban J connectivity index is 1.99. The molecule has 0 aliphatic rings. The minimum absolute atomic E-state index is 0.111. The molecule has 2 rings (SSSR count). The molecule has 100 valence electrons. The molecule has 4 nitrogen and oxygen atoms in total. The Hall–Kier alpha value is -1.72. The molecule has 0 bridgehead atoms. The molecule has 0 radical (unpaired) electrons. The fourth-order valence-corrected chi connectivity index (χ4v) is 2.38. The van der Waals surface area contributed by atoms with E-state index >= 15 is 0 Å². The number of likely N-dealkylation sites (N-methyl/N-ethyl adjacent to an activating group) is 1. The number of benzene rings is 1. The van der Waals surface area contributed by atoms with E-state index in [2.05, 4.69) is 10.3 Å². The van der Waals surface area contributed by atoms with Crippen LogP contribution in [-0.4, -0.2) is 43.0 Å². The second-order valence-corrected chi connectivity index (χ2v) is 5.32. The summed E-state index contributed by atoms with van der Waals surface area (Å²) in [5.41, 5.74) is 1.53. The number of rotatable bonds is 5. The third-order valence-electron chi connectivity index (χ3n) is 2.60. The van der Waals surface area contributed by atoms with Crippen LogP contribution in [0.2, 0.25) is 0 Å². The van der Waals surface area contributed by atoms with E-state index in [4.69, 9.17) is 0 Å². The molecular formula is C14H17N3OS. The van der Waals surface area contributed by atoms with Crippen LogP contribution in [0, 0.1) is 0 Å². The SMILES string of the molecule is CN(C)CCNC(=O)c1csc(-c2ccccc2)n1. The smallest absolute Gasteiger partial charge is 0.270 e. The lowest BCUT2D eigenvalue weighted by atomic mass is 10.2. The van der Waals surface area contributed by atoms with Crippen molar-refractivity contribution in [1.82, 2.24) is 15.2 Å². The summed E-state index contributed by atoms with van der Waals surface area (Å²) < 4.78 is 0. The van der Waals surface area contributed by atoms with Gasteiger partial charge in [-0.3, -0.25) is 4.79 Å². The van der Waals surface area contributed by atoms with Crippen molar-refractivity contribution >= 4 is 17.2 Å². The molecule has 19 heavy (non-hydrogen) atoms. The van der Waals surface area contributed by atoms with Gasteiger partial charge in [0.25, 0.3) is 5.91 Å². The van der Waals surface area contributed by atoms with E-state index in [1.54, 1.807) is 5.38 Å². The highest BCUT2D eigenvalue weighted by molar-refractivity contribution is 7.13. The van der Waals surface area contributed by atoms with Crippen molar-refractivity contribution in [2.24, 2.45) is 0 Å². The first-order chi connectivity index (χ1) is 9.16. The number of carbonyl (C=O) groups is 1. The van der Waals surface area contributed by atoms with Crippen LogP contribution < -0.4 is 5.32 Å². The molecule has 1 aromatic carbocycles. The first kappa shape index (κ1) is 13.7. The molecule has 2 aromatic rings. The topological polar surface area (TPSA) is 45.2 Å². The Morgan fingerprint density at radius 3 is 2.74 bits per heavy atom. The van der Waals surface area contributed by atoms with Crippen molar-refractivity contribution in [3.63, 3.8) is 0 Å². The molecule has 1 aromatic heterocycles. The van der Waals surface area contributed by atoms with Gasteiger partial charge in [0.2, 0.25) is 0 Å². The largest absolute Gasteiger partial charge is 0.349 e. The van der Waals surface area contributed by atoms with Gasteiger partial charge in [-0.25, -0.2) is 4.98 Å². The number of amides is 1. The van der Waals surface area contributed by atoms with Gasteiger partial charge in [-0.2, -0.15) is 0 Å². The van der Waals surface area contributed by atoms with Crippen molar-refractivity contribution in [3.05, 3.63) is 41.4 Å². The summed E-state index contributed by atoms with van der Waals surface area (Å²) in [7, 11) is 3.95. The van der Waals surface area contributed by atoms with Crippen LogP contribution in [0.4, 0.5) is 0 Å². The third-order valence-corrected chi connectivity index (χ3v) is 3.49. The standard InChI is InChI=1S/C14H17N3OS/c1-17(2)9-8-15-13(18)12-10-19-14(16-12)11-6-4-3-5-7-11/h3-7,10H,8-9H2,1-2H3,(H,15,18). The number of thiazole rings is 1. The first-order valence-corrected chi connectivity index (χ1v) is 6.98. The van der Waals surface area contributed by atoms with E-state index in [1.807, 2.05) is 49.3 Å². The van der Waals surface area contributed by atoms with Gasteiger partial charge in [-0.1, -0.05) is 30.3 Å². The average molecular weight is 275 g/mol. The third kappa shape index (κ3) is 3.87. The molecule has 5 heteroatoms. The van der Waals surface area contributed by atoms with E-state index in [9.17, 15) is 4.79 Å². The second-order valence-electron chi connectivity index (χ2n) is 4.46. The molecule has 0 saturated heterocycles. The molecule has 0 aliphatic carbocycles. The molecule has 0 unspecified atom stereocenters. The van der Waals surface area contributed by atoms with Crippen molar-refractivity contribution in [2.75, 3.05) is 27.2 Å². The maximum absolute atomic E-state index is 11.9. The Morgan fingerprint density at radius 2 is 2.05 bits per heavy atom. The second kappa shape index (κ2) is 6.45. The molecule has 0 fully saturated rings. The molecule has 0 atom stereocenters. The maximum Gasteiger partial charge on any atom is 0.270 e. The van der Waals surface area contributed by atoms with E-state index < -0.39 is 0 Å². The average Bonchev–Trinajstić information content (AvgIpc) is 2.89. The zero-order chi connectivity index (χ0) is 13.7. The van der Waals surface area contributed by atoms with Crippen molar-refractivity contribution in [1.29, 1.82) is 0 Å². The quantitative estimate of drug-likeness (QED) is 0.909. The molecule has 1 heterocycles. The minimum atomic E-state index is -0.111. The van der Waals surface area contributed by atoms with Gasteiger partial charge in [-0.15, -0.1) is 11.3 Å². The molecule has 0 aliphatic heterocycles. The molecular weight excluding hydrogens is 258 g/mol. The fraction of sp³-hybridized carbons (Fsp3) is 0.286. The Kier molecular flexibility index (Phi) is 4.65. The highest BCUT2D eigenvalue weighted by Gasteiger charge is 2.11. The number of carbonyl (C=O) groups excluding carboxylic acids is 1. The summed E-state index contributed by atoms with van der Waals surface area (Å²) >= 11 is 1.49. The molecule has 1 amide bonds. The lowest BCUT2D eigenvalue weighted by molar-refractivity contribution is 0.0947. The van der Waals surface area contributed by atoms with E-state index in [0.29, 0.717) is 12.2 Å². The first-order valence-electron chi connectivity index (χ1n) is 6.10. The van der Waals surface area contributed by atoms with Crippen molar-refractivity contribution < 1.29 is 4.79 Å². The maximum atomic E-state index is 11.9. The predicted octanol–water partition coefficient (Wildman–Crippen LogP) is 2.10. The van der Waals surface area contributed by atoms with E-state index in [1.165, 1.54) is 11.3 Å². The van der Waals surface area contributed by atoms with Crippen LogP contribution in [0.1, 0.15) is 10.5 Å². The summed E-state index contributed by atoms with van der Waals surface area (Å²) in [6.07, 6.45) is 0. The van der Waals surface area contributed by atoms with Gasteiger partial charge in [0.1, 0.15) is 10.7 Å². The van der Waals surface area contributed by atoms with E-state index in [-0.39, 0.29) is 5.91 Å². The van der Waals surface area contributed by atoms with E-state index in [0.717, 1.165) is 17.1 Å². The predicted molar refractivity (Wildman–Crippen MR) is 78.4 cm³/mol. The molecule has 0 saturated carbocycles. The zero-order valence-corrected chi connectivity index (χ0v) is 11.9. The summed E-state index contributed by atoms with van der Waals surface area (Å²) in [6.45, 7) is 1.45. The van der Waals surface area contributed by atoms with Crippen molar-refractivity contribution in [2.45, 2.75) is 0 Å². The van der Waals surface area contributed by atoms with Crippen LogP contribution in [0.15, 0.2) is 35.7 Å². The minimum Gasteiger partial charge on any atom is -0.349 e. The monoisotopic (exact) mass is 275 g/mol. The van der Waals surface area contributed by atoms with Crippen molar-refractivity contribution in [3.8, 4) is 10.6 Å². The summed E-state index contributed by atoms with van der Waals surface area (Å²) in [5.74, 6) is -0.111. The number of hydrogen-bond donors (Lipinski definition) is 1. The highest BCUT2D eigenvalue weighted by atomic mass is 32.1. The van der Waals surface area contributed by atoms with Crippen LogP contribution in [0.3, 0.4) is 0 Å². The van der Waals surface area contributed by atoms with Crippen LogP contribution >= 0.6 is 11.3 Å². The van der Waals surface area contributed by atoms with Gasteiger partial charge < -0.3 is 10.2 Å². The summed E-state index contributed by atoms with van der Waals surface area (Å²) in [5, 5.41) is 5.53. The van der Waals surface area contributed by atoms with Crippen LogP contribution in [-0.2, 0) is 0 Å². The van der Waals surface area contributed by atoms with Gasteiger partial charge in [-0.05, 0) is 14.1 Å². The normalized spacial score (nSPS) is 10.7. The summed E-state index contributed by atoms with van der Waals surface area (Å²) in [6, 6.07) is 9.88. The van der Waals surface area contributed by atoms with Crippen LogP contribution in [0.5, 0.6) is 0 Å². The van der Waals surface area contributed by atoms with Crippen LogP contribution in [0.25, 0.3) is 10.6 Å². The lowest BCUT2D eigenvalue weighted by Gasteiger charge is -2.09. The Labute approximate surface area is 117 Å². The lowest BCUT2D eigenvalue weighted by Crippen LogP contribution is -2.31. The summed E-state index contributed by atoms with van der Waals surface area (Å²) in [4.78, 5) is 18.3.